The molecule has 128 valence electrons. The Morgan fingerprint density at radius 2 is 2.12 bits per heavy atom. The summed E-state index contributed by atoms with van der Waals surface area (Å²) in [7, 11) is 0. The standard InChI is InChI=1S/C17H22N4O2S/c1-12-3-4-14(19-11-12)17(23)5-8-21(9-6-17)13(2)15(22)20-16-18-7-10-24-16/h3-4,7,10-11,13,23H,5-6,8-9H2,1-2H3,(H,18,20,22). The Bertz CT molecular complexity index is 679. The second-order valence-corrected chi connectivity index (χ2v) is 7.19. The first-order valence-corrected chi connectivity index (χ1v) is 8.96. The maximum absolute atomic E-state index is 12.3. The first kappa shape index (κ1) is 17.0. The highest BCUT2D eigenvalue weighted by Gasteiger charge is 2.37. The molecule has 1 fully saturated rings. The third-order valence-corrected chi connectivity index (χ3v) is 5.29. The number of nitrogens with zero attached hydrogens (tertiary/aromatic N) is 3. The van der Waals surface area contributed by atoms with E-state index in [1.165, 1.54) is 11.3 Å². The number of carbonyl (C=O) groups excluding carboxylic acids is 1. The SMILES string of the molecule is Cc1ccc(C2(O)CCN(C(C)C(=O)Nc3nccs3)CC2)nc1. The van der Waals surface area contributed by atoms with Crippen LogP contribution in [0.2, 0.25) is 0 Å². The van der Waals surface area contributed by atoms with E-state index in [0.29, 0.717) is 36.8 Å². The molecule has 1 aliphatic heterocycles. The number of thiazole rings is 1. The number of likely N-dealkylation sites (tertiary alicyclic amines) is 1. The number of carbonyl (C=O) groups is 1. The Balaban J connectivity index is 1.59. The Morgan fingerprint density at radius 3 is 2.71 bits per heavy atom. The van der Waals surface area contributed by atoms with Crippen LogP contribution >= 0.6 is 11.3 Å². The van der Waals surface area contributed by atoms with Crippen LogP contribution in [0, 0.1) is 6.92 Å². The minimum absolute atomic E-state index is 0.0659. The van der Waals surface area contributed by atoms with Crippen molar-refractivity contribution in [1.29, 1.82) is 0 Å². The normalized spacial score (nSPS) is 19.0. The topological polar surface area (TPSA) is 78.4 Å². The molecule has 2 aromatic heterocycles. The van der Waals surface area contributed by atoms with Crippen LogP contribution in [-0.4, -0.2) is 45.0 Å². The lowest BCUT2D eigenvalue weighted by atomic mass is 9.87. The van der Waals surface area contributed by atoms with E-state index >= 15 is 0 Å². The van der Waals surface area contributed by atoms with Gasteiger partial charge in [-0.25, -0.2) is 4.98 Å². The van der Waals surface area contributed by atoms with Crippen molar-refractivity contribution in [3.63, 3.8) is 0 Å². The monoisotopic (exact) mass is 346 g/mol. The summed E-state index contributed by atoms with van der Waals surface area (Å²) in [6.07, 6.45) is 4.58. The van der Waals surface area contributed by atoms with Gasteiger partial charge in [-0.2, -0.15) is 0 Å². The Labute approximate surface area is 145 Å². The van der Waals surface area contributed by atoms with Gasteiger partial charge in [-0.15, -0.1) is 11.3 Å². The van der Waals surface area contributed by atoms with E-state index in [4.69, 9.17) is 0 Å². The Kier molecular flexibility index (Phi) is 4.93. The molecule has 24 heavy (non-hydrogen) atoms. The van der Waals surface area contributed by atoms with Gasteiger partial charge in [0.2, 0.25) is 5.91 Å². The molecular formula is C17H22N4O2S. The van der Waals surface area contributed by atoms with Gasteiger partial charge in [-0.05, 0) is 38.3 Å². The lowest BCUT2D eigenvalue weighted by Gasteiger charge is -2.39. The van der Waals surface area contributed by atoms with Crippen molar-refractivity contribution in [3.8, 4) is 0 Å². The second-order valence-electron chi connectivity index (χ2n) is 6.29. The van der Waals surface area contributed by atoms with Crippen molar-refractivity contribution >= 4 is 22.4 Å². The van der Waals surface area contributed by atoms with E-state index in [1.54, 1.807) is 12.4 Å². The summed E-state index contributed by atoms with van der Waals surface area (Å²) < 4.78 is 0. The van der Waals surface area contributed by atoms with Crippen LogP contribution in [0.1, 0.15) is 31.0 Å². The molecule has 1 amide bonds. The van der Waals surface area contributed by atoms with Crippen LogP contribution < -0.4 is 5.32 Å². The molecule has 0 aromatic carbocycles. The summed E-state index contributed by atoms with van der Waals surface area (Å²) in [5.74, 6) is -0.0659. The molecule has 1 aliphatic rings. The molecule has 2 aromatic rings. The summed E-state index contributed by atoms with van der Waals surface area (Å²) >= 11 is 1.40. The van der Waals surface area contributed by atoms with E-state index in [1.807, 2.05) is 31.4 Å². The number of pyridine rings is 1. The molecule has 0 bridgehead atoms. The Hall–Kier alpha value is -1.83. The van der Waals surface area contributed by atoms with Gasteiger partial charge in [-0.1, -0.05) is 6.07 Å². The van der Waals surface area contributed by atoms with Gasteiger partial charge < -0.3 is 10.4 Å². The van der Waals surface area contributed by atoms with Crippen LogP contribution in [0.5, 0.6) is 0 Å². The van der Waals surface area contributed by atoms with Crippen molar-refractivity contribution < 1.29 is 9.90 Å². The van der Waals surface area contributed by atoms with Crippen LogP contribution in [0.3, 0.4) is 0 Å². The van der Waals surface area contributed by atoms with Crippen LogP contribution in [0.15, 0.2) is 29.9 Å². The molecule has 0 aliphatic carbocycles. The first-order chi connectivity index (χ1) is 11.5. The molecule has 0 spiro atoms. The summed E-state index contributed by atoms with van der Waals surface area (Å²) in [4.78, 5) is 22.9. The number of hydrogen-bond acceptors (Lipinski definition) is 6. The third-order valence-electron chi connectivity index (χ3n) is 4.60. The highest BCUT2D eigenvalue weighted by molar-refractivity contribution is 7.13. The predicted molar refractivity (Wildman–Crippen MR) is 93.9 cm³/mol. The van der Waals surface area contributed by atoms with Crippen LogP contribution in [0.25, 0.3) is 0 Å². The molecule has 0 saturated carbocycles. The fourth-order valence-electron chi connectivity index (χ4n) is 2.94. The zero-order chi connectivity index (χ0) is 17.2. The lowest BCUT2D eigenvalue weighted by molar-refractivity contribution is -0.123. The molecule has 3 rings (SSSR count). The highest BCUT2D eigenvalue weighted by atomic mass is 32.1. The minimum Gasteiger partial charge on any atom is -0.383 e. The summed E-state index contributed by atoms with van der Waals surface area (Å²) in [6, 6.07) is 3.60. The highest BCUT2D eigenvalue weighted by Crippen LogP contribution is 2.32. The second kappa shape index (κ2) is 6.96. The predicted octanol–water partition coefficient (Wildman–Crippen LogP) is 2.16. The molecule has 1 atom stereocenters. The van der Waals surface area contributed by atoms with Gasteiger partial charge in [0, 0.05) is 30.9 Å². The largest absolute Gasteiger partial charge is 0.383 e. The zero-order valence-corrected chi connectivity index (χ0v) is 14.7. The van der Waals surface area contributed by atoms with Crippen molar-refractivity contribution in [2.45, 2.75) is 38.3 Å². The lowest BCUT2D eigenvalue weighted by Crippen LogP contribution is -2.50. The maximum atomic E-state index is 12.3. The number of aliphatic hydroxyl groups is 1. The Morgan fingerprint density at radius 1 is 1.38 bits per heavy atom. The smallest absolute Gasteiger partial charge is 0.243 e. The van der Waals surface area contributed by atoms with Gasteiger partial charge in [0.25, 0.3) is 0 Å². The molecule has 0 radical (unpaired) electrons. The first-order valence-electron chi connectivity index (χ1n) is 8.08. The molecular weight excluding hydrogens is 324 g/mol. The third kappa shape index (κ3) is 3.63. The number of piperidine rings is 1. The number of aromatic nitrogens is 2. The van der Waals surface area contributed by atoms with Gasteiger partial charge >= 0.3 is 0 Å². The van der Waals surface area contributed by atoms with Crippen molar-refractivity contribution in [1.82, 2.24) is 14.9 Å². The quantitative estimate of drug-likeness (QED) is 0.887. The van der Waals surface area contributed by atoms with Crippen molar-refractivity contribution in [2.24, 2.45) is 0 Å². The molecule has 2 N–H and O–H groups in total. The van der Waals surface area contributed by atoms with Crippen molar-refractivity contribution in [2.75, 3.05) is 18.4 Å². The van der Waals surface area contributed by atoms with Gasteiger partial charge in [0.1, 0.15) is 5.60 Å². The van der Waals surface area contributed by atoms with Gasteiger partial charge in [0.05, 0.1) is 11.7 Å². The fraction of sp³-hybridized carbons (Fsp3) is 0.471. The minimum atomic E-state index is -0.907. The number of hydrogen-bond donors (Lipinski definition) is 2. The molecule has 1 unspecified atom stereocenters. The van der Waals surface area contributed by atoms with E-state index in [2.05, 4.69) is 20.2 Å². The van der Waals surface area contributed by atoms with E-state index in [0.717, 1.165) is 5.56 Å². The average molecular weight is 346 g/mol. The van der Waals surface area contributed by atoms with E-state index in [-0.39, 0.29) is 11.9 Å². The molecule has 7 heteroatoms. The maximum Gasteiger partial charge on any atom is 0.243 e. The van der Waals surface area contributed by atoms with Gasteiger partial charge in [0.15, 0.2) is 5.13 Å². The van der Waals surface area contributed by atoms with Crippen LogP contribution in [-0.2, 0) is 10.4 Å². The summed E-state index contributed by atoms with van der Waals surface area (Å²) in [5, 5.41) is 16.2. The number of aryl methyl sites for hydroxylation is 1. The van der Waals surface area contributed by atoms with Gasteiger partial charge in [-0.3, -0.25) is 14.7 Å². The van der Waals surface area contributed by atoms with E-state index in [9.17, 15) is 9.90 Å². The molecule has 1 saturated heterocycles. The number of anilines is 1. The average Bonchev–Trinajstić information content (AvgIpc) is 3.08. The summed E-state index contributed by atoms with van der Waals surface area (Å²) in [6.45, 7) is 5.17. The molecule has 6 nitrogen and oxygen atoms in total. The number of rotatable bonds is 4. The van der Waals surface area contributed by atoms with Crippen molar-refractivity contribution in [3.05, 3.63) is 41.2 Å². The summed E-state index contributed by atoms with van der Waals surface area (Å²) in [5.41, 5.74) is 0.885. The molecule has 3 heterocycles. The fourth-order valence-corrected chi connectivity index (χ4v) is 3.47. The number of nitrogens with one attached hydrogen (secondary N) is 1. The zero-order valence-electron chi connectivity index (χ0n) is 13.9. The van der Waals surface area contributed by atoms with E-state index < -0.39 is 5.60 Å². The van der Waals surface area contributed by atoms with Crippen LogP contribution in [0.4, 0.5) is 5.13 Å². The number of amides is 1.